The molecule has 0 aromatic heterocycles. The minimum atomic E-state index is -0.688. The van der Waals surface area contributed by atoms with Crippen molar-refractivity contribution in [2.45, 2.75) is 19.3 Å². The minimum absolute atomic E-state index is 0.161. The largest absolute Gasteiger partial charge is 0.493 e. The summed E-state index contributed by atoms with van der Waals surface area (Å²) in [5.41, 5.74) is -0.309. The summed E-state index contributed by atoms with van der Waals surface area (Å²) in [5, 5.41) is 9.30. The van der Waals surface area contributed by atoms with E-state index in [9.17, 15) is 9.50 Å². The first-order valence-electron chi connectivity index (χ1n) is 5.10. The summed E-state index contributed by atoms with van der Waals surface area (Å²) in [6.07, 6.45) is 0. The molecule has 96 valence electrons. The molecule has 0 heterocycles. The molecule has 3 nitrogen and oxygen atoms in total. The van der Waals surface area contributed by atoms with Crippen molar-refractivity contribution in [1.82, 2.24) is 0 Å². The average molecular weight is 307 g/mol. The molecule has 0 radical (unpaired) electrons. The van der Waals surface area contributed by atoms with Crippen molar-refractivity contribution in [1.29, 1.82) is 0 Å². The Morgan fingerprint density at radius 3 is 2.35 bits per heavy atom. The van der Waals surface area contributed by atoms with E-state index >= 15 is 0 Å². The molecule has 0 aliphatic heterocycles. The van der Waals surface area contributed by atoms with E-state index in [4.69, 9.17) is 9.47 Å². The van der Waals surface area contributed by atoms with Gasteiger partial charge in [0.25, 0.3) is 0 Å². The lowest BCUT2D eigenvalue weighted by Crippen LogP contribution is -2.24. The van der Waals surface area contributed by atoms with Gasteiger partial charge in [0.05, 0.1) is 25.3 Å². The molecule has 0 saturated carbocycles. The highest BCUT2D eigenvalue weighted by atomic mass is 79.9. The number of hydrogen-bond acceptors (Lipinski definition) is 3. The Morgan fingerprint density at radius 2 is 1.94 bits per heavy atom. The van der Waals surface area contributed by atoms with Crippen LogP contribution < -0.4 is 9.47 Å². The third-order valence-electron chi connectivity index (χ3n) is 2.68. The molecule has 0 fully saturated rings. The lowest BCUT2D eigenvalue weighted by atomic mass is 9.85. The van der Waals surface area contributed by atoms with Crippen LogP contribution in [0.2, 0.25) is 0 Å². The lowest BCUT2D eigenvalue weighted by molar-refractivity contribution is 0.214. The maximum atomic E-state index is 14.2. The van der Waals surface area contributed by atoms with Crippen molar-refractivity contribution >= 4 is 15.9 Å². The van der Waals surface area contributed by atoms with E-state index < -0.39 is 11.2 Å². The van der Waals surface area contributed by atoms with Gasteiger partial charge in [0.2, 0.25) is 0 Å². The van der Waals surface area contributed by atoms with E-state index in [0.717, 1.165) is 0 Å². The fourth-order valence-corrected chi connectivity index (χ4v) is 2.08. The molecule has 0 aliphatic carbocycles. The molecular weight excluding hydrogens is 291 g/mol. The van der Waals surface area contributed by atoms with Gasteiger partial charge in [-0.05, 0) is 22.0 Å². The van der Waals surface area contributed by atoms with Crippen LogP contribution in [-0.2, 0) is 5.41 Å². The summed E-state index contributed by atoms with van der Waals surface area (Å²) in [7, 11) is 2.93. The first-order chi connectivity index (χ1) is 7.88. The summed E-state index contributed by atoms with van der Waals surface area (Å²) < 4.78 is 24.6. The fourth-order valence-electron chi connectivity index (χ4n) is 1.51. The van der Waals surface area contributed by atoms with Crippen LogP contribution >= 0.6 is 15.9 Å². The van der Waals surface area contributed by atoms with Crippen LogP contribution in [0.3, 0.4) is 0 Å². The van der Waals surface area contributed by atoms with Gasteiger partial charge in [0.15, 0.2) is 11.5 Å². The normalized spacial score (nSPS) is 11.5. The maximum Gasteiger partial charge on any atom is 0.177 e. The second kappa shape index (κ2) is 5.23. The summed E-state index contributed by atoms with van der Waals surface area (Å²) in [4.78, 5) is 0. The standard InChI is InChI=1S/C12H16BrFO3/c1-12(2,6-15)7-5-8(16-3)11(17-4)9(13)10(7)14/h5,15H,6H2,1-4H3. The number of aliphatic hydroxyl groups excluding tert-OH is 1. The van der Waals surface area contributed by atoms with Gasteiger partial charge < -0.3 is 14.6 Å². The quantitative estimate of drug-likeness (QED) is 0.929. The van der Waals surface area contributed by atoms with E-state index in [1.807, 2.05) is 0 Å². The van der Waals surface area contributed by atoms with Crippen molar-refractivity contribution in [2.24, 2.45) is 0 Å². The monoisotopic (exact) mass is 306 g/mol. The highest BCUT2D eigenvalue weighted by Gasteiger charge is 2.28. The topological polar surface area (TPSA) is 38.7 Å². The van der Waals surface area contributed by atoms with Crippen LogP contribution in [0.5, 0.6) is 11.5 Å². The summed E-state index contributed by atoms with van der Waals surface area (Å²) in [5.74, 6) is 0.293. The molecule has 1 rings (SSSR count). The van der Waals surface area contributed by atoms with Crippen LogP contribution in [0.4, 0.5) is 4.39 Å². The molecule has 0 spiro atoms. The van der Waals surface area contributed by atoms with Crippen molar-refractivity contribution in [3.8, 4) is 11.5 Å². The van der Waals surface area contributed by atoms with Crippen molar-refractivity contribution in [3.05, 3.63) is 21.9 Å². The molecule has 0 bridgehead atoms. The van der Waals surface area contributed by atoms with Gasteiger partial charge in [-0.15, -0.1) is 0 Å². The number of benzene rings is 1. The molecule has 0 atom stereocenters. The first kappa shape index (κ1) is 14.3. The van der Waals surface area contributed by atoms with E-state index in [-0.39, 0.29) is 11.1 Å². The second-order valence-corrected chi connectivity index (χ2v) is 5.12. The van der Waals surface area contributed by atoms with Crippen LogP contribution in [0.1, 0.15) is 19.4 Å². The van der Waals surface area contributed by atoms with Gasteiger partial charge in [0, 0.05) is 11.0 Å². The van der Waals surface area contributed by atoms with Crippen molar-refractivity contribution < 1.29 is 19.0 Å². The minimum Gasteiger partial charge on any atom is -0.493 e. The summed E-state index contributed by atoms with van der Waals surface area (Å²) in [6.45, 7) is 3.35. The molecule has 0 saturated heterocycles. The number of halogens is 2. The molecular formula is C12H16BrFO3. The van der Waals surface area contributed by atoms with Crippen LogP contribution in [0, 0.1) is 5.82 Å². The summed E-state index contributed by atoms with van der Waals surface area (Å²) >= 11 is 3.14. The Morgan fingerprint density at radius 1 is 1.35 bits per heavy atom. The van der Waals surface area contributed by atoms with Crippen molar-refractivity contribution in [3.63, 3.8) is 0 Å². The molecule has 17 heavy (non-hydrogen) atoms. The van der Waals surface area contributed by atoms with E-state index in [1.165, 1.54) is 14.2 Å². The van der Waals surface area contributed by atoms with Gasteiger partial charge in [-0.1, -0.05) is 13.8 Å². The molecule has 0 amide bonds. The lowest BCUT2D eigenvalue weighted by Gasteiger charge is -2.25. The number of methoxy groups -OCH3 is 2. The van der Waals surface area contributed by atoms with Gasteiger partial charge >= 0.3 is 0 Å². The van der Waals surface area contributed by atoms with Crippen LogP contribution in [0.15, 0.2) is 10.5 Å². The first-order valence-corrected chi connectivity index (χ1v) is 5.89. The van der Waals surface area contributed by atoms with Crippen molar-refractivity contribution in [2.75, 3.05) is 20.8 Å². The van der Waals surface area contributed by atoms with Gasteiger partial charge in [-0.3, -0.25) is 0 Å². The Hall–Kier alpha value is -0.810. The predicted octanol–water partition coefficient (Wildman–Crippen LogP) is 2.88. The van der Waals surface area contributed by atoms with Crippen LogP contribution in [0.25, 0.3) is 0 Å². The summed E-state index contributed by atoms with van der Waals surface area (Å²) in [6, 6.07) is 1.55. The zero-order valence-corrected chi connectivity index (χ0v) is 11.9. The number of rotatable bonds is 4. The third kappa shape index (κ3) is 2.55. The number of aliphatic hydroxyl groups is 1. The molecule has 1 aromatic carbocycles. The number of ether oxygens (including phenoxy) is 2. The Bertz CT molecular complexity index is 419. The Labute approximate surface area is 109 Å². The zero-order valence-electron chi connectivity index (χ0n) is 10.3. The smallest absolute Gasteiger partial charge is 0.177 e. The van der Waals surface area contributed by atoms with E-state index in [2.05, 4.69) is 15.9 Å². The predicted molar refractivity (Wildman–Crippen MR) is 67.3 cm³/mol. The number of hydrogen-bond donors (Lipinski definition) is 1. The Balaban J connectivity index is 3.50. The zero-order chi connectivity index (χ0) is 13.2. The molecule has 5 heteroatoms. The average Bonchev–Trinajstić information content (AvgIpc) is 2.31. The molecule has 1 aromatic rings. The van der Waals surface area contributed by atoms with E-state index in [0.29, 0.717) is 17.1 Å². The SMILES string of the molecule is COc1cc(C(C)(C)CO)c(F)c(Br)c1OC. The van der Waals surface area contributed by atoms with E-state index in [1.54, 1.807) is 19.9 Å². The highest BCUT2D eigenvalue weighted by Crippen LogP contribution is 2.42. The maximum absolute atomic E-state index is 14.2. The fraction of sp³-hybridized carbons (Fsp3) is 0.500. The molecule has 0 aliphatic rings. The second-order valence-electron chi connectivity index (χ2n) is 4.33. The van der Waals surface area contributed by atoms with Crippen LogP contribution in [-0.4, -0.2) is 25.9 Å². The van der Waals surface area contributed by atoms with Gasteiger partial charge in [-0.25, -0.2) is 4.39 Å². The molecule has 1 N–H and O–H groups in total. The third-order valence-corrected chi connectivity index (χ3v) is 3.38. The van der Waals surface area contributed by atoms with Gasteiger partial charge in [-0.2, -0.15) is 0 Å². The highest BCUT2D eigenvalue weighted by molar-refractivity contribution is 9.10. The van der Waals surface area contributed by atoms with Gasteiger partial charge in [0.1, 0.15) is 5.82 Å². The molecule has 0 unspecified atom stereocenters. The Kier molecular flexibility index (Phi) is 4.38.